The van der Waals surface area contributed by atoms with Crippen LogP contribution in [0.1, 0.15) is 0 Å². The van der Waals surface area contributed by atoms with Crippen molar-refractivity contribution in [2.45, 2.75) is 6.04 Å². The van der Waals surface area contributed by atoms with Gasteiger partial charge in [0.15, 0.2) is 0 Å². The van der Waals surface area contributed by atoms with E-state index >= 15 is 0 Å². The first-order valence-electron chi connectivity index (χ1n) is 4.37. The molecule has 0 aliphatic carbocycles. The van der Waals surface area contributed by atoms with Crippen LogP contribution in [-0.4, -0.2) is 68.0 Å². The molecule has 1 rings (SSSR count). The van der Waals surface area contributed by atoms with Gasteiger partial charge in [0.25, 0.3) is 10.2 Å². The van der Waals surface area contributed by atoms with Crippen LogP contribution in [0.2, 0.25) is 0 Å². The lowest BCUT2D eigenvalue weighted by molar-refractivity contribution is -0.146. The average molecular weight is 238 g/mol. The molecule has 0 spiro atoms. The molecule has 0 saturated carbocycles. The molecular formula is C7H14N2O5S. The molecule has 7 nitrogen and oxygen atoms in total. The molecule has 1 atom stereocenters. The highest BCUT2D eigenvalue weighted by Crippen LogP contribution is 2.14. The Balaban J connectivity index is 2.95. The third kappa shape index (κ3) is 2.46. The van der Waals surface area contributed by atoms with E-state index in [1.165, 1.54) is 14.1 Å². The second kappa shape index (κ2) is 4.44. The fourth-order valence-electron chi connectivity index (χ4n) is 1.27. The number of rotatable bonds is 3. The number of ether oxygens (including phenoxy) is 1. The number of carboxylic acids is 1. The van der Waals surface area contributed by atoms with Crippen LogP contribution < -0.4 is 0 Å². The van der Waals surface area contributed by atoms with Crippen LogP contribution in [0.3, 0.4) is 0 Å². The third-order valence-electron chi connectivity index (χ3n) is 2.12. The summed E-state index contributed by atoms with van der Waals surface area (Å²) in [4.78, 5) is 10.8. The average Bonchev–Trinajstić information content (AvgIpc) is 2.17. The highest BCUT2D eigenvalue weighted by Gasteiger charge is 2.38. The number of carbonyl (C=O) groups is 1. The van der Waals surface area contributed by atoms with Crippen LogP contribution in [-0.2, 0) is 19.7 Å². The van der Waals surface area contributed by atoms with Crippen molar-refractivity contribution < 1.29 is 23.1 Å². The Morgan fingerprint density at radius 1 is 1.53 bits per heavy atom. The van der Waals surface area contributed by atoms with Gasteiger partial charge in [0.05, 0.1) is 13.2 Å². The van der Waals surface area contributed by atoms with Gasteiger partial charge in [0, 0.05) is 20.6 Å². The molecule has 0 aromatic carbocycles. The third-order valence-corrected chi connectivity index (χ3v) is 4.07. The molecule has 1 aliphatic heterocycles. The molecule has 8 heteroatoms. The smallest absolute Gasteiger partial charge is 0.324 e. The van der Waals surface area contributed by atoms with Crippen molar-refractivity contribution in [3.05, 3.63) is 0 Å². The molecule has 15 heavy (non-hydrogen) atoms. The van der Waals surface area contributed by atoms with Gasteiger partial charge < -0.3 is 9.84 Å². The maximum absolute atomic E-state index is 11.7. The van der Waals surface area contributed by atoms with Crippen molar-refractivity contribution in [3.63, 3.8) is 0 Å². The molecule has 1 N–H and O–H groups in total. The molecule has 88 valence electrons. The fraction of sp³-hybridized carbons (Fsp3) is 0.857. The van der Waals surface area contributed by atoms with Crippen molar-refractivity contribution in [1.82, 2.24) is 8.61 Å². The number of aliphatic carboxylic acids is 1. The Morgan fingerprint density at radius 3 is 2.60 bits per heavy atom. The van der Waals surface area contributed by atoms with Crippen LogP contribution in [0, 0.1) is 0 Å². The molecule has 0 unspecified atom stereocenters. The van der Waals surface area contributed by atoms with Gasteiger partial charge in [-0.2, -0.15) is 17.0 Å². The summed E-state index contributed by atoms with van der Waals surface area (Å²) < 4.78 is 30.3. The lowest BCUT2D eigenvalue weighted by Gasteiger charge is -2.33. The van der Waals surface area contributed by atoms with Gasteiger partial charge in [-0.15, -0.1) is 0 Å². The molecule has 1 saturated heterocycles. The monoisotopic (exact) mass is 238 g/mol. The van der Waals surface area contributed by atoms with E-state index in [0.29, 0.717) is 0 Å². The molecule has 0 radical (unpaired) electrons. The zero-order valence-electron chi connectivity index (χ0n) is 8.58. The summed E-state index contributed by atoms with van der Waals surface area (Å²) in [5, 5.41) is 8.85. The lowest BCUT2D eigenvalue weighted by Crippen LogP contribution is -2.55. The zero-order chi connectivity index (χ0) is 11.6. The summed E-state index contributed by atoms with van der Waals surface area (Å²) in [6.45, 7) is 0.177. The fourth-order valence-corrected chi connectivity index (χ4v) is 2.47. The van der Waals surface area contributed by atoms with E-state index in [-0.39, 0.29) is 19.8 Å². The van der Waals surface area contributed by atoms with Crippen LogP contribution >= 0.6 is 0 Å². The number of hydrogen-bond donors (Lipinski definition) is 1. The van der Waals surface area contributed by atoms with Crippen molar-refractivity contribution in [2.24, 2.45) is 0 Å². The van der Waals surface area contributed by atoms with E-state index in [4.69, 9.17) is 9.84 Å². The van der Waals surface area contributed by atoms with Crippen molar-refractivity contribution in [1.29, 1.82) is 0 Å². The minimum Gasteiger partial charge on any atom is -0.480 e. The molecule has 0 amide bonds. The molecule has 1 fully saturated rings. The van der Waals surface area contributed by atoms with Crippen molar-refractivity contribution in [3.8, 4) is 0 Å². The van der Waals surface area contributed by atoms with E-state index in [9.17, 15) is 13.2 Å². The van der Waals surface area contributed by atoms with E-state index in [1.807, 2.05) is 0 Å². The summed E-state index contributed by atoms with van der Waals surface area (Å²) in [7, 11) is -0.959. The van der Waals surface area contributed by atoms with Crippen molar-refractivity contribution >= 4 is 16.2 Å². The first-order valence-corrected chi connectivity index (χ1v) is 5.77. The number of morpholine rings is 1. The van der Waals surface area contributed by atoms with E-state index in [2.05, 4.69) is 0 Å². The van der Waals surface area contributed by atoms with Gasteiger partial charge in [-0.05, 0) is 0 Å². The summed E-state index contributed by atoms with van der Waals surface area (Å²) in [5.74, 6) is -1.19. The van der Waals surface area contributed by atoms with E-state index in [0.717, 1.165) is 8.61 Å². The second-order valence-electron chi connectivity index (χ2n) is 3.33. The Morgan fingerprint density at radius 2 is 2.13 bits per heavy atom. The van der Waals surface area contributed by atoms with Gasteiger partial charge >= 0.3 is 5.97 Å². The van der Waals surface area contributed by atoms with Gasteiger partial charge in [-0.25, -0.2) is 0 Å². The van der Waals surface area contributed by atoms with Crippen LogP contribution in [0.4, 0.5) is 0 Å². The molecule has 1 aliphatic rings. The summed E-state index contributed by atoms with van der Waals surface area (Å²) in [5.41, 5.74) is 0. The van der Waals surface area contributed by atoms with Crippen LogP contribution in [0.5, 0.6) is 0 Å². The standard InChI is InChI=1S/C7H14N2O5S/c1-8(2)15(12,13)9-3-4-14-5-6(9)7(10)11/h6H,3-5H2,1-2H3,(H,10,11)/t6-/m0/s1. The normalized spacial score (nSPS) is 24.3. The Bertz CT molecular complexity index is 339. The predicted octanol–water partition coefficient (Wildman–Crippen LogP) is -1.42. The molecule has 0 bridgehead atoms. The quantitative estimate of drug-likeness (QED) is 0.652. The maximum Gasteiger partial charge on any atom is 0.324 e. The van der Waals surface area contributed by atoms with Crippen LogP contribution in [0.25, 0.3) is 0 Å². The number of hydrogen-bond acceptors (Lipinski definition) is 4. The predicted molar refractivity (Wildman–Crippen MR) is 51.6 cm³/mol. The lowest BCUT2D eigenvalue weighted by atomic mass is 10.3. The first-order chi connectivity index (χ1) is 6.87. The summed E-state index contributed by atoms with van der Waals surface area (Å²) >= 11 is 0. The largest absolute Gasteiger partial charge is 0.480 e. The summed E-state index contributed by atoms with van der Waals surface area (Å²) in [6.07, 6.45) is 0. The number of carboxylic acid groups (broad SMARTS) is 1. The molecule has 0 aromatic rings. The SMILES string of the molecule is CN(C)S(=O)(=O)N1CCOC[C@H]1C(=O)O. The highest BCUT2D eigenvalue weighted by molar-refractivity contribution is 7.86. The molecular weight excluding hydrogens is 224 g/mol. The second-order valence-corrected chi connectivity index (χ2v) is 5.42. The summed E-state index contributed by atoms with van der Waals surface area (Å²) in [6, 6.07) is -1.13. The Hall–Kier alpha value is -0.700. The zero-order valence-corrected chi connectivity index (χ0v) is 9.40. The minimum absolute atomic E-state index is 0.0669. The van der Waals surface area contributed by atoms with Gasteiger partial charge in [0.1, 0.15) is 6.04 Å². The molecule has 0 aromatic heterocycles. The van der Waals surface area contributed by atoms with Crippen LogP contribution in [0.15, 0.2) is 0 Å². The first kappa shape index (κ1) is 12.4. The van der Waals surface area contributed by atoms with Gasteiger partial charge in [-0.3, -0.25) is 4.79 Å². The van der Waals surface area contributed by atoms with Gasteiger partial charge in [-0.1, -0.05) is 0 Å². The minimum atomic E-state index is -3.69. The van der Waals surface area contributed by atoms with E-state index in [1.54, 1.807) is 0 Å². The number of nitrogens with zero attached hydrogens (tertiary/aromatic N) is 2. The van der Waals surface area contributed by atoms with E-state index < -0.39 is 22.2 Å². The highest BCUT2D eigenvalue weighted by atomic mass is 32.2. The van der Waals surface area contributed by atoms with Gasteiger partial charge in [0.2, 0.25) is 0 Å². The molecule has 1 heterocycles. The topological polar surface area (TPSA) is 87.2 Å². The Kier molecular flexibility index (Phi) is 3.66. The maximum atomic E-state index is 11.7. The Labute approximate surface area is 88.4 Å². The van der Waals surface area contributed by atoms with Crippen molar-refractivity contribution in [2.75, 3.05) is 33.9 Å².